The van der Waals surface area contributed by atoms with Gasteiger partial charge in [-0.05, 0) is 30.1 Å². The van der Waals surface area contributed by atoms with Gasteiger partial charge >= 0.3 is 12.0 Å². The maximum atomic E-state index is 11.7. The van der Waals surface area contributed by atoms with Crippen LogP contribution in [0.4, 0.5) is 4.79 Å². The summed E-state index contributed by atoms with van der Waals surface area (Å²) in [6, 6.07) is -0.580. The van der Waals surface area contributed by atoms with Crippen LogP contribution in [0, 0.1) is 17.3 Å². The van der Waals surface area contributed by atoms with E-state index < -0.39 is 5.97 Å². The smallest absolute Gasteiger partial charge is 0.315 e. The van der Waals surface area contributed by atoms with Gasteiger partial charge in [0.05, 0.1) is 6.42 Å². The predicted octanol–water partition coefficient (Wildman–Crippen LogP) is 2.22. The van der Waals surface area contributed by atoms with Crippen LogP contribution in [0.2, 0.25) is 0 Å². The minimum absolute atomic E-state index is 0.0155. The fraction of sp³-hybridized carbons (Fsp3) is 0.857. The van der Waals surface area contributed by atoms with Crippen molar-refractivity contribution in [2.45, 2.75) is 53.0 Å². The van der Waals surface area contributed by atoms with Crippen LogP contribution in [-0.2, 0) is 4.79 Å². The number of hydrogen-bond acceptors (Lipinski definition) is 2. The molecule has 1 rings (SSSR count). The summed E-state index contributed by atoms with van der Waals surface area (Å²) in [5.41, 5.74) is -0.0155. The average Bonchev–Trinajstić information content (AvgIpc) is 2.87. The van der Waals surface area contributed by atoms with E-state index in [0.29, 0.717) is 24.8 Å². The molecule has 0 aliphatic heterocycles. The second-order valence-electron chi connectivity index (χ2n) is 6.89. The number of urea groups is 1. The molecule has 0 saturated heterocycles. The summed E-state index contributed by atoms with van der Waals surface area (Å²) in [7, 11) is 0. The maximum Gasteiger partial charge on any atom is 0.315 e. The van der Waals surface area contributed by atoms with E-state index in [-0.39, 0.29) is 23.9 Å². The van der Waals surface area contributed by atoms with Gasteiger partial charge in [-0.2, -0.15) is 0 Å². The van der Waals surface area contributed by atoms with Crippen LogP contribution >= 0.6 is 0 Å². The molecule has 0 aromatic rings. The number of hydrogen-bond donors (Lipinski definition) is 3. The van der Waals surface area contributed by atoms with Gasteiger partial charge in [-0.15, -0.1) is 0 Å². The molecule has 19 heavy (non-hydrogen) atoms. The van der Waals surface area contributed by atoms with Gasteiger partial charge in [0.15, 0.2) is 0 Å². The van der Waals surface area contributed by atoms with Crippen molar-refractivity contribution in [3.05, 3.63) is 0 Å². The zero-order valence-electron chi connectivity index (χ0n) is 12.3. The molecule has 0 spiro atoms. The minimum atomic E-state index is -0.884. The van der Waals surface area contributed by atoms with Gasteiger partial charge < -0.3 is 15.7 Å². The summed E-state index contributed by atoms with van der Waals surface area (Å²) in [6.07, 6.45) is 1.78. The molecule has 2 amide bonds. The zero-order chi connectivity index (χ0) is 14.6. The lowest BCUT2D eigenvalue weighted by molar-refractivity contribution is -0.137. The van der Waals surface area contributed by atoms with E-state index in [4.69, 9.17) is 5.11 Å². The second-order valence-corrected chi connectivity index (χ2v) is 6.89. The minimum Gasteiger partial charge on any atom is -0.481 e. The van der Waals surface area contributed by atoms with Crippen LogP contribution in [0.3, 0.4) is 0 Å². The van der Waals surface area contributed by atoms with Crippen LogP contribution in [0.5, 0.6) is 0 Å². The summed E-state index contributed by atoms with van der Waals surface area (Å²) in [6.45, 7) is 8.95. The highest BCUT2D eigenvalue weighted by Crippen LogP contribution is 2.36. The van der Waals surface area contributed by atoms with Crippen molar-refractivity contribution in [3.8, 4) is 0 Å². The number of carbonyl (C=O) groups excluding carboxylic acids is 1. The number of carbonyl (C=O) groups is 2. The highest BCUT2D eigenvalue weighted by atomic mass is 16.4. The summed E-state index contributed by atoms with van der Waals surface area (Å²) >= 11 is 0. The molecule has 0 aromatic heterocycles. The molecule has 1 saturated carbocycles. The Morgan fingerprint density at radius 1 is 1.37 bits per heavy atom. The fourth-order valence-electron chi connectivity index (χ4n) is 2.27. The Bertz CT molecular complexity index is 336. The molecule has 110 valence electrons. The Labute approximate surface area is 115 Å². The predicted molar refractivity (Wildman–Crippen MR) is 73.9 cm³/mol. The lowest BCUT2D eigenvalue weighted by Crippen LogP contribution is -2.45. The van der Waals surface area contributed by atoms with E-state index >= 15 is 0 Å². The third-order valence-corrected chi connectivity index (χ3v) is 3.42. The second kappa shape index (κ2) is 6.26. The van der Waals surface area contributed by atoms with Gasteiger partial charge in [0.2, 0.25) is 0 Å². The average molecular weight is 270 g/mol. The van der Waals surface area contributed by atoms with Crippen molar-refractivity contribution in [1.82, 2.24) is 10.6 Å². The molecule has 1 fully saturated rings. The molecular formula is C14H26N2O3. The van der Waals surface area contributed by atoms with Crippen molar-refractivity contribution in [2.24, 2.45) is 17.3 Å². The van der Waals surface area contributed by atoms with E-state index in [1.54, 1.807) is 0 Å². The molecule has 1 aliphatic carbocycles. The largest absolute Gasteiger partial charge is 0.481 e. The van der Waals surface area contributed by atoms with Crippen LogP contribution in [0.15, 0.2) is 0 Å². The highest BCUT2D eigenvalue weighted by Gasteiger charge is 2.32. The quantitative estimate of drug-likeness (QED) is 0.692. The van der Waals surface area contributed by atoms with Crippen LogP contribution in [0.1, 0.15) is 47.0 Å². The molecule has 3 unspecified atom stereocenters. The van der Waals surface area contributed by atoms with Gasteiger partial charge in [0.1, 0.15) is 0 Å². The topological polar surface area (TPSA) is 78.4 Å². The number of aliphatic carboxylic acids is 1. The number of rotatable bonds is 6. The van der Waals surface area contributed by atoms with Gasteiger partial charge in [0, 0.05) is 12.6 Å². The first-order chi connectivity index (χ1) is 8.67. The van der Waals surface area contributed by atoms with Crippen LogP contribution in [0.25, 0.3) is 0 Å². The van der Waals surface area contributed by atoms with Gasteiger partial charge in [-0.25, -0.2) is 4.79 Å². The molecule has 0 aromatic carbocycles. The first-order valence-corrected chi connectivity index (χ1v) is 6.93. The Hall–Kier alpha value is -1.26. The van der Waals surface area contributed by atoms with E-state index in [2.05, 4.69) is 17.6 Å². The standard InChI is InChI=1S/C14H26N2O3/c1-9-5-10(9)8-15-13(19)16-11(6-12(17)18)7-14(2,3)4/h9-11H,5-8H2,1-4H3,(H,17,18)(H2,15,16,19). The molecule has 1 aliphatic rings. The van der Waals surface area contributed by atoms with E-state index in [9.17, 15) is 9.59 Å². The van der Waals surface area contributed by atoms with Crippen molar-refractivity contribution < 1.29 is 14.7 Å². The molecular weight excluding hydrogens is 244 g/mol. The van der Waals surface area contributed by atoms with Crippen molar-refractivity contribution in [1.29, 1.82) is 0 Å². The molecule has 0 bridgehead atoms. The molecule has 5 nitrogen and oxygen atoms in total. The van der Waals surface area contributed by atoms with Crippen LogP contribution < -0.4 is 10.6 Å². The number of carboxylic acids is 1. The molecule has 3 atom stereocenters. The van der Waals surface area contributed by atoms with Crippen molar-refractivity contribution in [2.75, 3.05) is 6.54 Å². The molecule has 3 N–H and O–H groups in total. The summed E-state index contributed by atoms with van der Waals surface area (Å²) in [4.78, 5) is 22.6. The molecule has 5 heteroatoms. The van der Waals surface area contributed by atoms with Gasteiger partial charge in [0.25, 0.3) is 0 Å². The van der Waals surface area contributed by atoms with E-state index in [0.717, 1.165) is 0 Å². The summed E-state index contributed by atoms with van der Waals surface area (Å²) in [5.74, 6) is 0.404. The van der Waals surface area contributed by atoms with Crippen molar-refractivity contribution in [3.63, 3.8) is 0 Å². The Morgan fingerprint density at radius 2 is 1.95 bits per heavy atom. The van der Waals surface area contributed by atoms with Crippen molar-refractivity contribution >= 4 is 12.0 Å². The zero-order valence-corrected chi connectivity index (χ0v) is 12.3. The highest BCUT2D eigenvalue weighted by molar-refractivity contribution is 5.75. The third-order valence-electron chi connectivity index (χ3n) is 3.42. The number of carboxylic acid groups (broad SMARTS) is 1. The monoisotopic (exact) mass is 270 g/mol. The van der Waals surface area contributed by atoms with E-state index in [1.807, 2.05) is 20.8 Å². The van der Waals surface area contributed by atoms with Gasteiger partial charge in [-0.3, -0.25) is 4.79 Å². The van der Waals surface area contributed by atoms with Crippen LogP contribution in [-0.4, -0.2) is 29.7 Å². The Kier molecular flexibility index (Phi) is 5.20. The van der Waals surface area contributed by atoms with Gasteiger partial charge in [-0.1, -0.05) is 27.7 Å². The Morgan fingerprint density at radius 3 is 2.37 bits per heavy atom. The third kappa shape index (κ3) is 7.03. The number of nitrogens with one attached hydrogen (secondary N) is 2. The maximum absolute atomic E-state index is 11.7. The SMILES string of the molecule is CC1CC1CNC(=O)NC(CC(=O)O)CC(C)(C)C. The first kappa shape index (κ1) is 15.8. The summed E-state index contributed by atoms with van der Waals surface area (Å²) < 4.78 is 0. The molecule has 0 heterocycles. The molecule has 0 radical (unpaired) electrons. The normalized spacial score (nSPS) is 23.6. The van der Waals surface area contributed by atoms with E-state index in [1.165, 1.54) is 6.42 Å². The lowest BCUT2D eigenvalue weighted by atomic mass is 9.87. The summed E-state index contributed by atoms with van der Waals surface area (Å²) in [5, 5.41) is 14.5. The fourth-order valence-corrected chi connectivity index (χ4v) is 2.27. The lowest BCUT2D eigenvalue weighted by Gasteiger charge is -2.25. The first-order valence-electron chi connectivity index (χ1n) is 6.93. The number of amides is 2. The Balaban J connectivity index is 2.37.